The van der Waals surface area contributed by atoms with Crippen LogP contribution in [-0.4, -0.2) is 22.6 Å². The van der Waals surface area contributed by atoms with Crippen molar-refractivity contribution in [2.24, 2.45) is 11.7 Å². The third-order valence-corrected chi connectivity index (χ3v) is 4.14. The van der Waals surface area contributed by atoms with Gasteiger partial charge in [0.2, 0.25) is 0 Å². The van der Waals surface area contributed by atoms with Gasteiger partial charge in [0.15, 0.2) is 0 Å². The number of nitrogens with two attached hydrogens (primary N) is 1. The topological polar surface area (TPSA) is 81.0 Å². The summed E-state index contributed by atoms with van der Waals surface area (Å²) in [6, 6.07) is 7.62. The van der Waals surface area contributed by atoms with Crippen LogP contribution in [0.1, 0.15) is 26.0 Å². The molecule has 2 aromatic heterocycles. The van der Waals surface area contributed by atoms with E-state index < -0.39 is 0 Å². The fourth-order valence-electron chi connectivity index (χ4n) is 3.09. The smallest absolute Gasteiger partial charge is 0.258 e. The number of aryl methyl sites for hydroxylation is 1. The number of ether oxygens (including phenoxy) is 1. The Morgan fingerprint density at radius 2 is 2.04 bits per heavy atom. The van der Waals surface area contributed by atoms with Crippen LogP contribution in [0.2, 0.25) is 0 Å². The molecular weight excluding hydrogens is 302 g/mol. The van der Waals surface area contributed by atoms with Crippen molar-refractivity contribution in [2.75, 3.05) is 6.61 Å². The summed E-state index contributed by atoms with van der Waals surface area (Å²) in [7, 11) is 0. The minimum absolute atomic E-state index is 0.00470. The first kappa shape index (κ1) is 16.5. The first-order valence-electron chi connectivity index (χ1n) is 8.25. The predicted octanol–water partition coefficient (Wildman–Crippen LogP) is 3.14. The van der Waals surface area contributed by atoms with E-state index in [9.17, 15) is 4.79 Å². The van der Waals surface area contributed by atoms with Crippen molar-refractivity contribution < 1.29 is 4.74 Å². The van der Waals surface area contributed by atoms with E-state index in [0.717, 1.165) is 28.4 Å². The minimum atomic E-state index is -0.128. The molecule has 0 fully saturated rings. The van der Waals surface area contributed by atoms with E-state index in [1.807, 2.05) is 31.2 Å². The number of aromatic nitrogens is 2. The van der Waals surface area contributed by atoms with E-state index in [0.29, 0.717) is 23.7 Å². The Bertz CT molecular complexity index is 931. The van der Waals surface area contributed by atoms with Crippen LogP contribution in [0.15, 0.2) is 35.3 Å². The van der Waals surface area contributed by atoms with E-state index >= 15 is 0 Å². The van der Waals surface area contributed by atoms with E-state index in [1.165, 1.54) is 0 Å². The van der Waals surface area contributed by atoms with Gasteiger partial charge in [-0.2, -0.15) is 0 Å². The van der Waals surface area contributed by atoms with Crippen LogP contribution in [0, 0.1) is 12.8 Å². The van der Waals surface area contributed by atoms with Crippen LogP contribution in [0.25, 0.3) is 21.7 Å². The maximum absolute atomic E-state index is 12.4. The number of pyridine rings is 2. The molecular formula is C19H23N3O2. The SMILES string of the molecule is Cc1nccc2c1c(=O)[nH]c1cc(OC[C@@H](N)CC(C)C)ccc12. The van der Waals surface area contributed by atoms with E-state index in [4.69, 9.17) is 10.5 Å². The fraction of sp³-hybridized carbons (Fsp3) is 0.368. The molecule has 3 N–H and O–H groups in total. The molecule has 3 rings (SSSR count). The summed E-state index contributed by atoms with van der Waals surface area (Å²) in [5.74, 6) is 1.25. The van der Waals surface area contributed by atoms with Gasteiger partial charge in [-0.15, -0.1) is 0 Å². The molecule has 0 spiro atoms. The van der Waals surface area contributed by atoms with Crippen LogP contribution in [-0.2, 0) is 0 Å². The Kier molecular flexibility index (Phi) is 4.53. The second kappa shape index (κ2) is 6.61. The van der Waals surface area contributed by atoms with Gasteiger partial charge in [0.1, 0.15) is 12.4 Å². The maximum atomic E-state index is 12.4. The molecule has 0 bridgehead atoms. The normalized spacial score (nSPS) is 12.9. The number of benzene rings is 1. The third-order valence-electron chi connectivity index (χ3n) is 4.14. The highest BCUT2D eigenvalue weighted by Gasteiger charge is 2.10. The Balaban J connectivity index is 1.95. The van der Waals surface area contributed by atoms with Gasteiger partial charge in [0, 0.05) is 23.7 Å². The van der Waals surface area contributed by atoms with Gasteiger partial charge in [-0.1, -0.05) is 13.8 Å². The van der Waals surface area contributed by atoms with Crippen molar-refractivity contribution in [3.05, 3.63) is 46.5 Å². The first-order valence-corrected chi connectivity index (χ1v) is 8.25. The Labute approximate surface area is 140 Å². The first-order chi connectivity index (χ1) is 11.5. The predicted molar refractivity (Wildman–Crippen MR) is 97.5 cm³/mol. The van der Waals surface area contributed by atoms with Crippen molar-refractivity contribution in [2.45, 2.75) is 33.2 Å². The summed E-state index contributed by atoms with van der Waals surface area (Å²) in [6.07, 6.45) is 2.65. The fourth-order valence-corrected chi connectivity index (χ4v) is 3.09. The summed E-state index contributed by atoms with van der Waals surface area (Å²) in [5.41, 5.74) is 7.42. The van der Waals surface area contributed by atoms with Crippen molar-refractivity contribution >= 4 is 21.7 Å². The molecule has 126 valence electrons. The standard InChI is InChI=1S/C19H23N3O2/c1-11(2)8-13(20)10-24-14-4-5-15-16-6-7-21-12(3)18(16)19(23)22-17(15)9-14/h4-7,9,11,13H,8,10,20H2,1-3H3,(H,22,23)/t13-/m0/s1. The molecule has 0 unspecified atom stereocenters. The molecule has 0 saturated heterocycles. The number of aromatic amines is 1. The lowest BCUT2D eigenvalue weighted by Crippen LogP contribution is -2.29. The van der Waals surface area contributed by atoms with Crippen LogP contribution >= 0.6 is 0 Å². The number of hydrogen-bond donors (Lipinski definition) is 2. The molecule has 1 aromatic carbocycles. The lowest BCUT2D eigenvalue weighted by molar-refractivity contribution is 0.271. The molecule has 0 amide bonds. The average Bonchev–Trinajstić information content (AvgIpc) is 2.52. The van der Waals surface area contributed by atoms with Crippen LogP contribution in [0.5, 0.6) is 5.75 Å². The molecule has 5 nitrogen and oxygen atoms in total. The molecule has 0 aliphatic carbocycles. The van der Waals surface area contributed by atoms with Gasteiger partial charge in [0.05, 0.1) is 16.6 Å². The molecule has 2 heterocycles. The number of nitrogens with one attached hydrogen (secondary N) is 1. The monoisotopic (exact) mass is 325 g/mol. The molecule has 0 aliphatic heterocycles. The Morgan fingerprint density at radius 3 is 2.79 bits per heavy atom. The highest BCUT2D eigenvalue weighted by Crippen LogP contribution is 2.25. The van der Waals surface area contributed by atoms with Crippen LogP contribution in [0.4, 0.5) is 0 Å². The molecule has 3 aromatic rings. The van der Waals surface area contributed by atoms with Gasteiger partial charge in [-0.3, -0.25) is 9.78 Å². The quantitative estimate of drug-likeness (QED) is 0.706. The second-order valence-corrected chi connectivity index (χ2v) is 6.68. The van der Waals surface area contributed by atoms with E-state index in [2.05, 4.69) is 23.8 Å². The average molecular weight is 325 g/mol. The molecule has 0 radical (unpaired) electrons. The Hall–Kier alpha value is -2.40. The maximum Gasteiger partial charge on any atom is 0.258 e. The van der Waals surface area contributed by atoms with E-state index in [-0.39, 0.29) is 11.6 Å². The summed E-state index contributed by atoms with van der Waals surface area (Å²) < 4.78 is 5.79. The molecule has 0 saturated carbocycles. The molecule has 1 atom stereocenters. The van der Waals surface area contributed by atoms with Crippen molar-refractivity contribution in [3.63, 3.8) is 0 Å². The summed E-state index contributed by atoms with van der Waals surface area (Å²) in [5, 5.41) is 2.52. The summed E-state index contributed by atoms with van der Waals surface area (Å²) in [6.45, 7) is 6.59. The number of nitrogens with zero attached hydrogens (tertiary/aromatic N) is 1. The second-order valence-electron chi connectivity index (χ2n) is 6.68. The van der Waals surface area contributed by atoms with E-state index in [1.54, 1.807) is 6.20 Å². The number of fused-ring (bicyclic) bond motifs is 3. The highest BCUT2D eigenvalue weighted by atomic mass is 16.5. The zero-order valence-electron chi connectivity index (χ0n) is 14.3. The lowest BCUT2D eigenvalue weighted by atomic mass is 10.1. The number of rotatable bonds is 5. The minimum Gasteiger partial charge on any atom is -0.492 e. The highest BCUT2D eigenvalue weighted by molar-refractivity contribution is 6.06. The molecule has 24 heavy (non-hydrogen) atoms. The lowest BCUT2D eigenvalue weighted by Gasteiger charge is -2.15. The molecule has 5 heteroatoms. The summed E-state index contributed by atoms with van der Waals surface area (Å²) >= 11 is 0. The largest absolute Gasteiger partial charge is 0.492 e. The van der Waals surface area contributed by atoms with Crippen molar-refractivity contribution in [3.8, 4) is 5.75 Å². The van der Waals surface area contributed by atoms with Gasteiger partial charge in [-0.25, -0.2) is 0 Å². The van der Waals surface area contributed by atoms with Gasteiger partial charge >= 0.3 is 0 Å². The van der Waals surface area contributed by atoms with Gasteiger partial charge < -0.3 is 15.5 Å². The van der Waals surface area contributed by atoms with Crippen molar-refractivity contribution in [1.82, 2.24) is 9.97 Å². The number of hydrogen-bond acceptors (Lipinski definition) is 4. The third kappa shape index (κ3) is 3.26. The Morgan fingerprint density at radius 1 is 1.25 bits per heavy atom. The van der Waals surface area contributed by atoms with Crippen LogP contribution in [0.3, 0.4) is 0 Å². The molecule has 0 aliphatic rings. The van der Waals surface area contributed by atoms with Gasteiger partial charge in [-0.05, 0) is 42.8 Å². The number of H-pyrrole nitrogens is 1. The van der Waals surface area contributed by atoms with Gasteiger partial charge in [0.25, 0.3) is 5.56 Å². The zero-order chi connectivity index (χ0) is 17.3. The summed E-state index contributed by atoms with van der Waals surface area (Å²) in [4.78, 5) is 19.5. The zero-order valence-corrected chi connectivity index (χ0v) is 14.3. The van der Waals surface area contributed by atoms with Crippen LogP contribution < -0.4 is 16.0 Å². The van der Waals surface area contributed by atoms with Crippen molar-refractivity contribution in [1.29, 1.82) is 0 Å².